The Kier molecular flexibility index (Phi) is 3.19. The number of hydrogen-bond donors (Lipinski definition) is 2. The Balaban J connectivity index is 3.31. The third-order valence-electron chi connectivity index (χ3n) is 1.50. The average Bonchev–Trinajstić information content (AvgIpc) is 2.07. The predicted octanol–water partition coefficient (Wildman–Crippen LogP) is 1.30. The molecule has 0 fully saturated rings. The normalized spacial score (nSPS) is 10.6. The number of amides is 1. The molecular weight excluding hydrogens is 307 g/mol. The van der Waals surface area contributed by atoms with Crippen molar-refractivity contribution in [2.24, 2.45) is 5.73 Å². The number of aromatic nitrogens is 1. The summed E-state index contributed by atoms with van der Waals surface area (Å²) in [5.74, 6) is -0.832. The van der Waals surface area contributed by atoms with Gasteiger partial charge in [0.1, 0.15) is 3.70 Å². The van der Waals surface area contributed by atoms with Gasteiger partial charge in [0.2, 0.25) is 0 Å². The number of nitrogen functional groups attached to an aromatic ring is 1. The minimum atomic E-state index is -2.67. The summed E-state index contributed by atoms with van der Waals surface area (Å²) in [5, 5.41) is 0. The maximum Gasteiger partial charge on any atom is 0.269 e. The van der Waals surface area contributed by atoms with E-state index < -0.39 is 12.3 Å². The van der Waals surface area contributed by atoms with Gasteiger partial charge in [-0.2, -0.15) is 0 Å². The number of rotatable bonds is 2. The van der Waals surface area contributed by atoms with E-state index >= 15 is 0 Å². The zero-order valence-corrected chi connectivity index (χ0v) is 8.96. The molecule has 1 heterocycles. The molecule has 0 aliphatic rings. The van der Waals surface area contributed by atoms with E-state index in [9.17, 15) is 13.6 Å². The van der Waals surface area contributed by atoms with Gasteiger partial charge < -0.3 is 11.5 Å². The third kappa shape index (κ3) is 2.08. The first-order valence-electron chi connectivity index (χ1n) is 3.47. The molecule has 0 spiro atoms. The molecule has 0 bridgehead atoms. The lowest BCUT2D eigenvalue weighted by Gasteiger charge is -2.06. The van der Waals surface area contributed by atoms with Crippen LogP contribution in [0.1, 0.15) is 22.5 Å². The molecule has 76 valence electrons. The second kappa shape index (κ2) is 4.03. The smallest absolute Gasteiger partial charge is 0.269 e. The molecule has 0 aromatic carbocycles. The highest BCUT2D eigenvalue weighted by Gasteiger charge is 2.17. The molecule has 0 saturated heterocycles. The van der Waals surface area contributed by atoms with Crippen LogP contribution in [0.15, 0.2) is 6.07 Å². The van der Waals surface area contributed by atoms with Crippen molar-refractivity contribution >= 4 is 34.2 Å². The van der Waals surface area contributed by atoms with Gasteiger partial charge in [0.25, 0.3) is 12.3 Å². The van der Waals surface area contributed by atoms with E-state index in [0.29, 0.717) is 0 Å². The van der Waals surface area contributed by atoms with Crippen LogP contribution in [0, 0.1) is 3.70 Å². The standard InChI is InChI=1S/C7H6F2IN3O/c8-5(9)2-1-3(11)4(7(12)14)13-6(2)10/h1,5H,11H2,(H2,12,14). The number of halogens is 3. The molecule has 0 aliphatic heterocycles. The Morgan fingerprint density at radius 3 is 2.57 bits per heavy atom. The molecule has 0 saturated carbocycles. The third-order valence-corrected chi connectivity index (χ3v) is 2.37. The highest BCUT2D eigenvalue weighted by Crippen LogP contribution is 2.26. The molecule has 0 radical (unpaired) electrons. The van der Waals surface area contributed by atoms with E-state index in [4.69, 9.17) is 11.5 Å². The number of primary amides is 1. The lowest BCUT2D eigenvalue weighted by atomic mass is 10.2. The van der Waals surface area contributed by atoms with Gasteiger partial charge in [-0.25, -0.2) is 13.8 Å². The van der Waals surface area contributed by atoms with E-state index in [2.05, 4.69) is 4.98 Å². The monoisotopic (exact) mass is 313 g/mol. The molecule has 1 rings (SSSR count). The molecule has 0 atom stereocenters. The molecule has 0 aliphatic carbocycles. The molecule has 7 heteroatoms. The highest BCUT2D eigenvalue weighted by molar-refractivity contribution is 14.1. The summed E-state index contributed by atoms with van der Waals surface area (Å²) in [6.07, 6.45) is -2.67. The number of nitrogens with zero attached hydrogens (tertiary/aromatic N) is 1. The number of carbonyl (C=O) groups excluding carboxylic acids is 1. The quantitative estimate of drug-likeness (QED) is 0.638. The molecule has 1 aromatic heterocycles. The topological polar surface area (TPSA) is 82.0 Å². The first kappa shape index (κ1) is 11.1. The Morgan fingerprint density at radius 2 is 2.14 bits per heavy atom. The second-order valence-corrected chi connectivity index (χ2v) is 3.49. The molecular formula is C7H6F2IN3O. The molecule has 1 amide bonds. The van der Waals surface area contributed by atoms with Crippen LogP contribution < -0.4 is 11.5 Å². The molecule has 1 aromatic rings. The van der Waals surface area contributed by atoms with E-state index in [0.717, 1.165) is 6.07 Å². The summed E-state index contributed by atoms with van der Waals surface area (Å²) in [7, 11) is 0. The van der Waals surface area contributed by atoms with E-state index in [1.807, 2.05) is 0 Å². The maximum atomic E-state index is 12.3. The SMILES string of the molecule is NC(=O)c1nc(I)c(C(F)F)cc1N. The van der Waals surface area contributed by atoms with Crippen molar-refractivity contribution in [1.82, 2.24) is 4.98 Å². The fraction of sp³-hybridized carbons (Fsp3) is 0.143. The Hall–Kier alpha value is -0.990. The van der Waals surface area contributed by atoms with E-state index in [-0.39, 0.29) is 20.6 Å². The summed E-state index contributed by atoms with van der Waals surface area (Å²) < 4.78 is 24.7. The summed E-state index contributed by atoms with van der Waals surface area (Å²) >= 11 is 1.60. The van der Waals surface area contributed by atoms with Crippen molar-refractivity contribution in [2.75, 3.05) is 5.73 Å². The van der Waals surface area contributed by atoms with Crippen LogP contribution in [-0.2, 0) is 0 Å². The Labute approximate surface area is 91.8 Å². The van der Waals surface area contributed by atoms with Crippen molar-refractivity contribution in [3.63, 3.8) is 0 Å². The molecule has 0 unspecified atom stereocenters. The Bertz CT molecular complexity index is 383. The van der Waals surface area contributed by atoms with E-state index in [1.54, 1.807) is 22.6 Å². The van der Waals surface area contributed by atoms with Crippen molar-refractivity contribution in [1.29, 1.82) is 0 Å². The molecule has 4 nitrogen and oxygen atoms in total. The Morgan fingerprint density at radius 1 is 1.57 bits per heavy atom. The van der Waals surface area contributed by atoms with Gasteiger partial charge in [-0.3, -0.25) is 4.79 Å². The van der Waals surface area contributed by atoms with E-state index in [1.165, 1.54) is 0 Å². The minimum absolute atomic E-state index is 0.0283. The van der Waals surface area contributed by atoms with Crippen LogP contribution in [0.4, 0.5) is 14.5 Å². The summed E-state index contributed by atoms with van der Waals surface area (Å²) in [5.41, 5.74) is 9.66. The number of pyridine rings is 1. The molecule has 4 N–H and O–H groups in total. The van der Waals surface area contributed by atoms with Gasteiger partial charge in [-0.15, -0.1) is 0 Å². The predicted molar refractivity (Wildman–Crippen MR) is 54.8 cm³/mol. The summed E-state index contributed by atoms with van der Waals surface area (Å²) in [4.78, 5) is 14.3. The minimum Gasteiger partial charge on any atom is -0.397 e. The van der Waals surface area contributed by atoms with Crippen LogP contribution in [0.25, 0.3) is 0 Å². The number of alkyl halides is 2. The van der Waals surface area contributed by atoms with Crippen molar-refractivity contribution in [2.45, 2.75) is 6.43 Å². The van der Waals surface area contributed by atoms with Crippen LogP contribution >= 0.6 is 22.6 Å². The van der Waals surface area contributed by atoms with Crippen LogP contribution in [0.5, 0.6) is 0 Å². The van der Waals surface area contributed by atoms with Crippen LogP contribution in [0.2, 0.25) is 0 Å². The number of nitrogens with two attached hydrogens (primary N) is 2. The van der Waals surface area contributed by atoms with Gasteiger partial charge in [0.05, 0.1) is 11.3 Å². The number of carbonyl (C=O) groups is 1. The lowest BCUT2D eigenvalue weighted by molar-refractivity contribution is 0.0995. The fourth-order valence-electron chi connectivity index (χ4n) is 0.873. The van der Waals surface area contributed by atoms with Crippen molar-refractivity contribution in [3.8, 4) is 0 Å². The first-order valence-corrected chi connectivity index (χ1v) is 4.55. The van der Waals surface area contributed by atoms with Crippen LogP contribution in [0.3, 0.4) is 0 Å². The van der Waals surface area contributed by atoms with Crippen molar-refractivity contribution in [3.05, 3.63) is 21.0 Å². The van der Waals surface area contributed by atoms with Gasteiger partial charge in [0, 0.05) is 0 Å². The largest absolute Gasteiger partial charge is 0.397 e. The zero-order valence-electron chi connectivity index (χ0n) is 6.80. The van der Waals surface area contributed by atoms with Gasteiger partial charge in [-0.1, -0.05) is 0 Å². The maximum absolute atomic E-state index is 12.3. The van der Waals surface area contributed by atoms with Gasteiger partial charge in [0.15, 0.2) is 5.69 Å². The lowest BCUT2D eigenvalue weighted by Crippen LogP contribution is -2.17. The second-order valence-electron chi connectivity index (χ2n) is 2.47. The van der Waals surface area contributed by atoms with Gasteiger partial charge >= 0.3 is 0 Å². The van der Waals surface area contributed by atoms with Gasteiger partial charge in [-0.05, 0) is 28.7 Å². The summed E-state index contributed by atoms with van der Waals surface area (Å²) in [6.45, 7) is 0. The average molecular weight is 313 g/mol. The summed E-state index contributed by atoms with van der Waals surface area (Å²) in [6, 6.07) is 1.01. The highest BCUT2D eigenvalue weighted by atomic mass is 127. The number of anilines is 1. The van der Waals surface area contributed by atoms with Crippen LogP contribution in [-0.4, -0.2) is 10.9 Å². The molecule has 14 heavy (non-hydrogen) atoms. The zero-order chi connectivity index (χ0) is 10.9. The fourth-order valence-corrected chi connectivity index (χ4v) is 1.51. The number of hydrogen-bond acceptors (Lipinski definition) is 3. The van der Waals surface area contributed by atoms with Crippen molar-refractivity contribution < 1.29 is 13.6 Å². The first-order chi connectivity index (χ1) is 6.43.